The molecule has 6 heteroatoms. The van der Waals surface area contributed by atoms with Crippen LogP contribution in [0.2, 0.25) is 0 Å². The number of rotatable bonds is 5. The van der Waals surface area contributed by atoms with Crippen molar-refractivity contribution in [2.24, 2.45) is 0 Å². The normalized spacial score (nSPS) is 15.3. The van der Waals surface area contributed by atoms with Crippen molar-refractivity contribution in [2.45, 2.75) is 24.9 Å². The zero-order valence-corrected chi connectivity index (χ0v) is 13.7. The summed E-state index contributed by atoms with van der Waals surface area (Å²) in [6.07, 6.45) is 1.29. The molecule has 0 atom stereocenters. The maximum Gasteiger partial charge on any atom is 0.235 e. The number of benzene rings is 2. The number of amides is 1. The minimum absolute atomic E-state index is 0.197. The Hall–Kier alpha value is -2.73. The molecule has 0 bridgehead atoms. The van der Waals surface area contributed by atoms with E-state index in [1.165, 1.54) is 6.07 Å². The van der Waals surface area contributed by atoms with Gasteiger partial charge in [-0.15, -0.1) is 0 Å². The van der Waals surface area contributed by atoms with E-state index in [1.807, 2.05) is 0 Å². The third kappa shape index (κ3) is 2.78. The monoisotopic (exact) mass is 340 g/mol. The number of nitrogens with zero attached hydrogens (tertiary/aromatic N) is 1. The van der Waals surface area contributed by atoms with Gasteiger partial charge < -0.3 is 14.5 Å². The van der Waals surface area contributed by atoms with Crippen LogP contribution in [-0.4, -0.2) is 18.0 Å². The lowest BCUT2D eigenvalue weighted by Gasteiger charge is -2.16. The minimum Gasteiger partial charge on any atom is -0.438 e. The summed E-state index contributed by atoms with van der Waals surface area (Å²) in [5.41, 5.74) is 1.56. The average molecular weight is 340 g/mol. The van der Waals surface area contributed by atoms with Gasteiger partial charge in [-0.2, -0.15) is 0 Å². The number of fused-ring (bicyclic) bond motifs is 1. The second-order valence-corrected chi connectivity index (χ2v) is 6.24. The van der Waals surface area contributed by atoms with E-state index in [0.717, 1.165) is 0 Å². The Labute approximate surface area is 143 Å². The predicted molar refractivity (Wildman–Crippen MR) is 90.7 cm³/mol. The summed E-state index contributed by atoms with van der Waals surface area (Å²) >= 11 is 0. The molecule has 5 nitrogen and oxygen atoms in total. The second-order valence-electron chi connectivity index (χ2n) is 6.24. The average Bonchev–Trinajstić information content (AvgIpc) is 3.31. The molecule has 1 aliphatic rings. The van der Waals surface area contributed by atoms with Crippen LogP contribution in [0.1, 0.15) is 24.3 Å². The van der Waals surface area contributed by atoms with Crippen LogP contribution in [0.4, 0.5) is 10.1 Å². The van der Waals surface area contributed by atoms with Gasteiger partial charge in [0.2, 0.25) is 11.8 Å². The number of hydrogen-bond donors (Lipinski definition) is 1. The lowest BCUT2D eigenvalue weighted by atomic mass is 9.94. The lowest BCUT2D eigenvalue weighted by Crippen LogP contribution is -2.28. The molecule has 1 N–H and O–H groups in total. The lowest BCUT2D eigenvalue weighted by molar-refractivity contribution is -0.118. The fourth-order valence-corrected chi connectivity index (χ4v) is 3.08. The smallest absolute Gasteiger partial charge is 0.235 e. The maximum atomic E-state index is 14.1. The van der Waals surface area contributed by atoms with Crippen LogP contribution in [-0.2, 0) is 21.6 Å². The van der Waals surface area contributed by atoms with Crippen LogP contribution >= 0.6 is 0 Å². The molecule has 0 unspecified atom stereocenters. The number of carbonyl (C=O) groups excluding carboxylic acids is 1. The van der Waals surface area contributed by atoms with Gasteiger partial charge in [-0.3, -0.25) is 4.79 Å². The van der Waals surface area contributed by atoms with Crippen molar-refractivity contribution in [2.75, 3.05) is 12.4 Å². The highest BCUT2D eigenvalue weighted by Gasteiger charge is 2.52. The molecule has 1 aromatic heterocycles. The maximum absolute atomic E-state index is 14.1. The summed E-state index contributed by atoms with van der Waals surface area (Å²) < 4.78 is 24.6. The molecule has 0 aliphatic heterocycles. The van der Waals surface area contributed by atoms with Gasteiger partial charge in [0.15, 0.2) is 5.58 Å². The summed E-state index contributed by atoms with van der Waals surface area (Å²) in [5.74, 6) is -0.0603. The standard InChI is InChI=1S/C19H17FN2O3/c1-24-11-17-22-15-10-12(6-7-16(15)25-17)21-18(23)19(8-9-19)13-4-2-3-5-14(13)20/h2-7,10H,8-9,11H2,1H3,(H,21,23). The van der Waals surface area contributed by atoms with Crippen molar-refractivity contribution in [3.8, 4) is 0 Å². The summed E-state index contributed by atoms with van der Waals surface area (Å²) in [7, 11) is 1.57. The molecule has 0 radical (unpaired) electrons. The summed E-state index contributed by atoms with van der Waals surface area (Å²) in [4.78, 5) is 17.1. The minimum atomic E-state index is -0.772. The SMILES string of the molecule is COCc1nc2cc(NC(=O)C3(c4ccccc4F)CC3)ccc2o1. The topological polar surface area (TPSA) is 64.4 Å². The zero-order valence-electron chi connectivity index (χ0n) is 13.7. The predicted octanol–water partition coefficient (Wildman–Crippen LogP) is 3.78. The Bertz CT molecular complexity index is 947. The summed E-state index contributed by atoms with van der Waals surface area (Å²) in [6, 6.07) is 11.7. The van der Waals surface area contributed by atoms with Crippen molar-refractivity contribution in [1.82, 2.24) is 4.98 Å². The van der Waals surface area contributed by atoms with Crippen molar-refractivity contribution in [3.05, 3.63) is 59.7 Å². The third-order valence-corrected chi connectivity index (χ3v) is 4.53. The van der Waals surface area contributed by atoms with Gasteiger partial charge in [0.05, 0.1) is 5.41 Å². The van der Waals surface area contributed by atoms with Gasteiger partial charge in [-0.25, -0.2) is 9.37 Å². The van der Waals surface area contributed by atoms with E-state index in [-0.39, 0.29) is 18.3 Å². The molecule has 0 spiro atoms. The van der Waals surface area contributed by atoms with E-state index in [9.17, 15) is 9.18 Å². The summed E-state index contributed by atoms with van der Waals surface area (Å²) in [6.45, 7) is 0.284. The molecule has 4 rings (SSSR count). The molecule has 1 heterocycles. The molecule has 1 aliphatic carbocycles. The van der Waals surface area contributed by atoms with Crippen molar-refractivity contribution in [3.63, 3.8) is 0 Å². The number of oxazole rings is 1. The van der Waals surface area contributed by atoms with E-state index in [0.29, 0.717) is 41.1 Å². The fourth-order valence-electron chi connectivity index (χ4n) is 3.08. The molecule has 2 aromatic carbocycles. The number of nitrogens with one attached hydrogen (secondary N) is 1. The number of hydrogen-bond acceptors (Lipinski definition) is 4. The Balaban J connectivity index is 1.58. The van der Waals surface area contributed by atoms with E-state index < -0.39 is 5.41 Å². The Morgan fingerprint density at radius 1 is 1.32 bits per heavy atom. The molecule has 1 fully saturated rings. The molecule has 0 saturated heterocycles. The molecular formula is C19H17FN2O3. The van der Waals surface area contributed by atoms with Crippen LogP contribution < -0.4 is 5.32 Å². The number of anilines is 1. The largest absolute Gasteiger partial charge is 0.438 e. The first-order valence-corrected chi connectivity index (χ1v) is 8.07. The van der Waals surface area contributed by atoms with Gasteiger partial charge in [-0.05, 0) is 37.1 Å². The van der Waals surface area contributed by atoms with Gasteiger partial charge in [0.1, 0.15) is 17.9 Å². The first-order chi connectivity index (χ1) is 12.1. The van der Waals surface area contributed by atoms with Crippen molar-refractivity contribution < 1.29 is 18.3 Å². The molecule has 3 aromatic rings. The number of carbonyl (C=O) groups is 1. The van der Waals surface area contributed by atoms with E-state index >= 15 is 0 Å². The zero-order chi connectivity index (χ0) is 17.4. The Kier molecular flexibility index (Phi) is 3.77. The number of aromatic nitrogens is 1. The van der Waals surface area contributed by atoms with E-state index in [4.69, 9.17) is 9.15 Å². The van der Waals surface area contributed by atoms with Crippen LogP contribution in [0.25, 0.3) is 11.1 Å². The highest BCUT2D eigenvalue weighted by molar-refractivity contribution is 6.02. The Morgan fingerprint density at radius 3 is 2.84 bits per heavy atom. The van der Waals surface area contributed by atoms with Gasteiger partial charge >= 0.3 is 0 Å². The summed E-state index contributed by atoms with van der Waals surface area (Å²) in [5, 5.41) is 2.89. The van der Waals surface area contributed by atoms with Crippen LogP contribution in [0.15, 0.2) is 46.9 Å². The number of ether oxygens (including phenoxy) is 1. The molecule has 25 heavy (non-hydrogen) atoms. The van der Waals surface area contributed by atoms with Crippen LogP contribution in [0, 0.1) is 5.82 Å². The number of methoxy groups -OCH3 is 1. The fraction of sp³-hybridized carbons (Fsp3) is 0.263. The van der Waals surface area contributed by atoms with Crippen molar-refractivity contribution in [1.29, 1.82) is 0 Å². The number of halogens is 1. The van der Waals surface area contributed by atoms with Crippen molar-refractivity contribution >= 4 is 22.7 Å². The van der Waals surface area contributed by atoms with Crippen LogP contribution in [0.3, 0.4) is 0 Å². The van der Waals surface area contributed by atoms with Gasteiger partial charge in [0, 0.05) is 18.4 Å². The van der Waals surface area contributed by atoms with Crippen LogP contribution in [0.5, 0.6) is 0 Å². The first-order valence-electron chi connectivity index (χ1n) is 8.07. The molecule has 1 amide bonds. The first kappa shape index (κ1) is 15.8. The molecular weight excluding hydrogens is 323 g/mol. The van der Waals surface area contributed by atoms with E-state index in [1.54, 1.807) is 43.5 Å². The third-order valence-electron chi connectivity index (χ3n) is 4.53. The highest BCUT2D eigenvalue weighted by Crippen LogP contribution is 2.49. The quantitative estimate of drug-likeness (QED) is 0.768. The molecule has 1 saturated carbocycles. The van der Waals surface area contributed by atoms with Gasteiger partial charge in [-0.1, -0.05) is 18.2 Å². The highest BCUT2D eigenvalue weighted by atomic mass is 19.1. The molecule has 128 valence electrons. The van der Waals surface area contributed by atoms with Gasteiger partial charge in [0.25, 0.3) is 0 Å². The second kappa shape index (κ2) is 5.97. The van der Waals surface area contributed by atoms with E-state index in [2.05, 4.69) is 10.3 Å². The Morgan fingerprint density at radius 2 is 2.12 bits per heavy atom.